The molecule has 66 valence electrons. The van der Waals surface area contributed by atoms with E-state index in [4.69, 9.17) is 4.74 Å². The summed E-state index contributed by atoms with van der Waals surface area (Å²) >= 11 is 0. The van der Waals surface area contributed by atoms with E-state index in [0.29, 0.717) is 19.8 Å². The van der Waals surface area contributed by atoms with Crippen molar-refractivity contribution in [2.75, 3.05) is 33.4 Å². The van der Waals surface area contributed by atoms with Crippen LogP contribution >= 0.6 is 9.24 Å². The fourth-order valence-electron chi connectivity index (χ4n) is 0.523. The highest BCUT2D eigenvalue weighted by molar-refractivity contribution is 7.39. The van der Waals surface area contributed by atoms with Crippen molar-refractivity contribution in [2.45, 2.75) is 0 Å². The van der Waals surface area contributed by atoms with Gasteiger partial charge in [0.25, 0.3) is 0 Å². The van der Waals surface area contributed by atoms with E-state index in [-0.39, 0.29) is 5.65 Å². The molecule has 0 aliphatic carbocycles. The molecule has 0 aliphatic rings. The molecule has 0 fully saturated rings. The minimum Gasteiger partial charge on any atom is -0.378 e. The highest BCUT2D eigenvalue weighted by Gasteiger charge is 1.89. The van der Waals surface area contributed by atoms with Gasteiger partial charge in [0, 0.05) is 13.1 Å². The highest BCUT2D eigenvalue weighted by Crippen LogP contribution is 1.80. The normalized spacial score (nSPS) is 9.64. The van der Waals surface area contributed by atoms with Gasteiger partial charge in [-0.1, -0.05) is 0 Å². The van der Waals surface area contributed by atoms with Crippen molar-refractivity contribution in [2.24, 2.45) is 0 Å². The first-order valence-electron chi connectivity index (χ1n) is 3.53. The van der Waals surface area contributed by atoms with E-state index in [2.05, 4.69) is 10.6 Å². The number of ether oxygens (including phenoxy) is 1. The Kier molecular flexibility index (Phi) is 7.79. The Balaban J connectivity index is 2.85. The van der Waals surface area contributed by atoms with Crippen molar-refractivity contribution in [3.63, 3.8) is 0 Å². The van der Waals surface area contributed by atoms with Crippen molar-refractivity contribution in [1.82, 2.24) is 10.6 Å². The van der Waals surface area contributed by atoms with E-state index in [1.165, 1.54) is 0 Å². The second-order valence-electron chi connectivity index (χ2n) is 2.01. The Labute approximate surface area is 69.3 Å². The molecule has 5 heteroatoms. The van der Waals surface area contributed by atoms with Crippen LogP contribution in [0.1, 0.15) is 0 Å². The molecule has 2 N–H and O–H groups in total. The number of hydrogen-bond acceptors (Lipinski definition) is 3. The maximum atomic E-state index is 10.3. The molecular weight excluding hydrogens is 163 g/mol. The fraction of sp³-hybridized carbons (Fsp3) is 0.833. The molecule has 0 spiro atoms. The van der Waals surface area contributed by atoms with Gasteiger partial charge in [0.2, 0.25) is 5.65 Å². The van der Waals surface area contributed by atoms with Gasteiger partial charge in [-0.2, -0.15) is 0 Å². The Morgan fingerprint density at radius 3 is 2.64 bits per heavy atom. The van der Waals surface area contributed by atoms with Crippen LogP contribution in [0.15, 0.2) is 0 Å². The number of carbonyl (C=O) groups excluding carboxylic acids is 1. The molecule has 0 aromatic rings. The Bertz CT molecular complexity index is 111. The molecule has 0 heterocycles. The Hall–Kier alpha value is -0.180. The lowest BCUT2D eigenvalue weighted by Crippen LogP contribution is -2.23. The molecule has 0 aromatic carbocycles. The minimum atomic E-state index is -0.0952. The van der Waals surface area contributed by atoms with Crippen LogP contribution in [0.2, 0.25) is 0 Å². The lowest BCUT2D eigenvalue weighted by molar-refractivity contribution is 0.140. The lowest BCUT2D eigenvalue weighted by Gasteiger charge is -2.03. The summed E-state index contributed by atoms with van der Waals surface area (Å²) in [6, 6.07) is 0. The zero-order chi connectivity index (χ0) is 8.53. The van der Waals surface area contributed by atoms with Crippen LogP contribution in [-0.2, 0) is 4.74 Å². The van der Waals surface area contributed by atoms with Crippen LogP contribution in [0.5, 0.6) is 0 Å². The van der Waals surface area contributed by atoms with Gasteiger partial charge in [-0.25, -0.2) is 0 Å². The SMILES string of the molecule is CNCCOCCNC(=O)P. The van der Waals surface area contributed by atoms with E-state index in [1.807, 2.05) is 16.3 Å². The third kappa shape index (κ3) is 9.82. The molecule has 0 saturated heterocycles. The van der Waals surface area contributed by atoms with Gasteiger partial charge in [0.1, 0.15) is 0 Å². The Morgan fingerprint density at radius 2 is 2.09 bits per heavy atom. The predicted octanol–water partition coefficient (Wildman–Crippen LogP) is -0.193. The maximum absolute atomic E-state index is 10.3. The molecule has 4 nitrogen and oxygen atoms in total. The van der Waals surface area contributed by atoms with E-state index in [1.54, 1.807) is 0 Å². The third-order valence-electron chi connectivity index (χ3n) is 1.04. The molecule has 0 radical (unpaired) electrons. The van der Waals surface area contributed by atoms with Crippen LogP contribution in [0.4, 0.5) is 4.79 Å². The van der Waals surface area contributed by atoms with E-state index in [9.17, 15) is 4.79 Å². The number of hydrogen-bond donors (Lipinski definition) is 2. The molecule has 0 bridgehead atoms. The van der Waals surface area contributed by atoms with Gasteiger partial charge in [-0.15, -0.1) is 0 Å². The predicted molar refractivity (Wildman–Crippen MR) is 47.9 cm³/mol. The van der Waals surface area contributed by atoms with Gasteiger partial charge in [0.05, 0.1) is 13.2 Å². The van der Waals surface area contributed by atoms with Gasteiger partial charge in [0.15, 0.2) is 0 Å². The summed E-state index contributed by atoms with van der Waals surface area (Å²) in [5.74, 6) is 0. The topological polar surface area (TPSA) is 50.4 Å². The van der Waals surface area contributed by atoms with Crippen LogP contribution in [0.25, 0.3) is 0 Å². The highest BCUT2D eigenvalue weighted by atomic mass is 31.0. The first-order valence-corrected chi connectivity index (χ1v) is 4.10. The first-order chi connectivity index (χ1) is 5.27. The van der Waals surface area contributed by atoms with Gasteiger partial charge < -0.3 is 15.4 Å². The molecule has 0 aliphatic heterocycles. The number of carbonyl (C=O) groups is 1. The maximum Gasteiger partial charge on any atom is 0.234 e. The Morgan fingerprint density at radius 1 is 1.45 bits per heavy atom. The summed E-state index contributed by atoms with van der Waals surface area (Å²) in [6.07, 6.45) is 0. The molecule has 1 atom stereocenters. The van der Waals surface area contributed by atoms with Crippen molar-refractivity contribution in [3.8, 4) is 0 Å². The molecule has 1 unspecified atom stereocenters. The number of amides is 1. The third-order valence-corrected chi connectivity index (χ3v) is 1.25. The van der Waals surface area contributed by atoms with Crippen molar-refractivity contribution < 1.29 is 9.53 Å². The zero-order valence-electron chi connectivity index (χ0n) is 6.72. The van der Waals surface area contributed by atoms with E-state index in [0.717, 1.165) is 6.54 Å². The summed E-state index contributed by atoms with van der Waals surface area (Å²) in [5.41, 5.74) is -0.0952. The largest absolute Gasteiger partial charge is 0.378 e. The molecule has 0 saturated carbocycles. The van der Waals surface area contributed by atoms with Crippen LogP contribution < -0.4 is 10.6 Å². The van der Waals surface area contributed by atoms with Crippen molar-refractivity contribution >= 4 is 14.9 Å². The number of rotatable bonds is 6. The lowest BCUT2D eigenvalue weighted by atomic mass is 10.6. The van der Waals surface area contributed by atoms with Crippen LogP contribution in [0.3, 0.4) is 0 Å². The second-order valence-corrected chi connectivity index (χ2v) is 2.53. The number of nitrogens with one attached hydrogen (secondary N) is 2. The summed E-state index contributed by atoms with van der Waals surface area (Å²) in [4.78, 5) is 10.3. The molecular formula is C6H15N2O2P. The molecule has 0 aromatic heterocycles. The second kappa shape index (κ2) is 7.92. The van der Waals surface area contributed by atoms with Gasteiger partial charge in [-0.05, 0) is 16.3 Å². The zero-order valence-corrected chi connectivity index (χ0v) is 7.88. The quantitative estimate of drug-likeness (QED) is 0.437. The fourth-order valence-corrected chi connectivity index (χ4v) is 0.667. The van der Waals surface area contributed by atoms with Gasteiger partial charge in [-0.3, -0.25) is 4.79 Å². The minimum absolute atomic E-state index is 0.0952. The smallest absolute Gasteiger partial charge is 0.234 e. The first kappa shape index (κ1) is 10.8. The van der Waals surface area contributed by atoms with Gasteiger partial charge >= 0.3 is 0 Å². The van der Waals surface area contributed by atoms with E-state index < -0.39 is 0 Å². The summed E-state index contributed by atoms with van der Waals surface area (Å²) in [7, 11) is 3.92. The molecule has 1 amide bonds. The molecule has 11 heavy (non-hydrogen) atoms. The van der Waals surface area contributed by atoms with Crippen molar-refractivity contribution in [3.05, 3.63) is 0 Å². The van der Waals surface area contributed by atoms with Crippen LogP contribution in [0, 0.1) is 0 Å². The van der Waals surface area contributed by atoms with E-state index >= 15 is 0 Å². The summed E-state index contributed by atoms with van der Waals surface area (Å²) in [6.45, 7) is 2.67. The van der Waals surface area contributed by atoms with Crippen LogP contribution in [-0.4, -0.2) is 39.0 Å². The summed E-state index contributed by atoms with van der Waals surface area (Å²) in [5, 5.41) is 5.55. The average Bonchev–Trinajstić information content (AvgIpc) is 1.96. The summed E-state index contributed by atoms with van der Waals surface area (Å²) < 4.78 is 5.14. The monoisotopic (exact) mass is 178 g/mol. The average molecular weight is 178 g/mol. The van der Waals surface area contributed by atoms with Crippen molar-refractivity contribution in [1.29, 1.82) is 0 Å². The number of likely N-dealkylation sites (N-methyl/N-ethyl adjacent to an activating group) is 1. The standard InChI is InChI=1S/C6H15N2O2P/c1-7-2-4-10-5-3-8-6(9)11/h7H,2-5,11H2,1H3,(H,8,9). The molecule has 0 rings (SSSR count).